The quantitative estimate of drug-likeness (QED) is 0.431. The summed E-state index contributed by atoms with van der Waals surface area (Å²) in [5.41, 5.74) is 2.47. The highest BCUT2D eigenvalue weighted by molar-refractivity contribution is 5.91. The zero-order chi connectivity index (χ0) is 22.0. The van der Waals surface area contributed by atoms with Crippen molar-refractivity contribution in [3.05, 3.63) is 107 Å². The predicted molar refractivity (Wildman–Crippen MR) is 123 cm³/mol. The van der Waals surface area contributed by atoms with Crippen LogP contribution in [0.2, 0.25) is 0 Å². The van der Waals surface area contributed by atoms with E-state index in [0.29, 0.717) is 18.0 Å². The molecular weight excluding hydrogens is 386 g/mol. The van der Waals surface area contributed by atoms with Gasteiger partial charge in [-0.15, -0.1) is 0 Å². The second-order valence-corrected chi connectivity index (χ2v) is 8.41. The van der Waals surface area contributed by atoms with Gasteiger partial charge in [-0.1, -0.05) is 86.6 Å². The van der Waals surface area contributed by atoms with Crippen LogP contribution in [-0.4, -0.2) is 20.7 Å². The molecule has 1 unspecified atom stereocenters. The molecule has 2 N–H and O–H groups in total. The number of rotatable bonds is 7. The van der Waals surface area contributed by atoms with Gasteiger partial charge in [0, 0.05) is 35.6 Å². The molecule has 1 atom stereocenters. The number of para-hydroxylation sites is 1. The predicted octanol–water partition coefficient (Wildman–Crippen LogP) is 5.33. The van der Waals surface area contributed by atoms with Gasteiger partial charge in [-0.3, -0.25) is 0 Å². The normalized spacial score (nSPS) is 13.4. The molecule has 4 nitrogen and oxygen atoms in total. The van der Waals surface area contributed by atoms with Crippen molar-refractivity contribution in [2.75, 3.05) is 0 Å². The van der Waals surface area contributed by atoms with Crippen molar-refractivity contribution in [1.82, 2.24) is 4.57 Å². The molecule has 0 fully saturated rings. The van der Waals surface area contributed by atoms with Crippen LogP contribution in [0.5, 0.6) is 0 Å². The molecular formula is C27H27NO3. The summed E-state index contributed by atoms with van der Waals surface area (Å²) in [5, 5.41) is 22.2. The number of nitrogens with zero attached hydrogens (tertiary/aromatic N) is 1. The number of fused-ring (bicyclic) bond motifs is 1. The number of carboxylic acid groups (broad SMARTS) is 1. The van der Waals surface area contributed by atoms with Gasteiger partial charge in [0.05, 0.1) is 0 Å². The molecule has 4 heteroatoms. The Morgan fingerprint density at radius 2 is 1.55 bits per heavy atom. The topological polar surface area (TPSA) is 62.5 Å². The van der Waals surface area contributed by atoms with E-state index in [0.717, 1.165) is 22.0 Å². The van der Waals surface area contributed by atoms with Crippen LogP contribution in [0, 0.1) is 0 Å². The first-order valence-corrected chi connectivity index (χ1v) is 10.6. The second kappa shape index (κ2) is 8.40. The highest BCUT2D eigenvalue weighted by Crippen LogP contribution is 2.34. The minimum atomic E-state index is -2.02. The maximum atomic E-state index is 12.3. The Kier molecular flexibility index (Phi) is 5.66. The molecule has 31 heavy (non-hydrogen) atoms. The van der Waals surface area contributed by atoms with E-state index in [1.54, 1.807) is 6.20 Å². The Morgan fingerprint density at radius 1 is 0.903 bits per heavy atom. The summed E-state index contributed by atoms with van der Waals surface area (Å²) in [6, 6.07) is 25.4. The Bertz CT molecular complexity index is 1190. The van der Waals surface area contributed by atoms with Gasteiger partial charge < -0.3 is 14.8 Å². The average molecular weight is 414 g/mol. The zero-order valence-corrected chi connectivity index (χ0v) is 17.8. The maximum absolute atomic E-state index is 12.3. The number of aliphatic hydroxyl groups is 1. The van der Waals surface area contributed by atoms with Gasteiger partial charge in [0.2, 0.25) is 0 Å². The van der Waals surface area contributed by atoms with Crippen LogP contribution in [-0.2, 0) is 23.4 Å². The van der Waals surface area contributed by atoms with E-state index in [2.05, 4.69) is 38.1 Å². The fraction of sp³-hybridized carbons (Fsp3) is 0.222. The molecule has 158 valence electrons. The standard InChI is InChI=1S/C27H27NO3/c1-19(2)22-14-12-21(13-15-22)17-28-18-24(23-10-6-7-11-25(23)28)27(31,26(29)30)16-20-8-4-3-5-9-20/h3-15,18-19,31H,16-17H2,1-2H3,(H,29,30). The van der Waals surface area contributed by atoms with E-state index in [-0.39, 0.29) is 6.42 Å². The van der Waals surface area contributed by atoms with E-state index in [1.807, 2.05) is 59.2 Å². The molecule has 1 heterocycles. The van der Waals surface area contributed by atoms with Gasteiger partial charge >= 0.3 is 5.97 Å². The van der Waals surface area contributed by atoms with Gasteiger partial charge in [-0.25, -0.2) is 4.79 Å². The van der Waals surface area contributed by atoms with Crippen LogP contribution in [0.1, 0.15) is 42.0 Å². The van der Waals surface area contributed by atoms with Crippen molar-refractivity contribution in [3.8, 4) is 0 Å². The summed E-state index contributed by atoms with van der Waals surface area (Å²) in [6.45, 7) is 4.93. The minimum absolute atomic E-state index is 0.000264. The van der Waals surface area contributed by atoms with Crippen LogP contribution >= 0.6 is 0 Å². The summed E-state index contributed by atoms with van der Waals surface area (Å²) in [6.07, 6.45) is 1.79. The van der Waals surface area contributed by atoms with Crippen LogP contribution < -0.4 is 0 Å². The Morgan fingerprint density at radius 3 is 2.19 bits per heavy atom. The first kappa shape index (κ1) is 20.9. The van der Waals surface area contributed by atoms with E-state index in [1.165, 1.54) is 5.56 Å². The number of benzene rings is 3. The number of hydrogen-bond acceptors (Lipinski definition) is 2. The van der Waals surface area contributed by atoms with Gasteiger partial charge in [-0.2, -0.15) is 0 Å². The fourth-order valence-corrected chi connectivity index (χ4v) is 4.09. The summed E-state index contributed by atoms with van der Waals surface area (Å²) < 4.78 is 2.02. The fourth-order valence-electron chi connectivity index (χ4n) is 4.09. The Labute approximate surface area is 182 Å². The van der Waals surface area contributed by atoms with Gasteiger partial charge in [0.15, 0.2) is 5.60 Å². The number of hydrogen-bond donors (Lipinski definition) is 2. The Hall–Kier alpha value is -3.37. The summed E-state index contributed by atoms with van der Waals surface area (Å²) in [4.78, 5) is 12.3. The smallest absolute Gasteiger partial charge is 0.340 e. The molecule has 1 aromatic heterocycles. The minimum Gasteiger partial charge on any atom is -0.479 e. The van der Waals surface area contributed by atoms with E-state index < -0.39 is 11.6 Å². The summed E-state index contributed by atoms with van der Waals surface area (Å²) >= 11 is 0. The third-order valence-corrected chi connectivity index (χ3v) is 5.89. The second-order valence-electron chi connectivity index (χ2n) is 8.41. The third kappa shape index (κ3) is 4.12. The van der Waals surface area contributed by atoms with Crippen LogP contribution in [0.15, 0.2) is 85.1 Å². The van der Waals surface area contributed by atoms with Crippen molar-refractivity contribution in [1.29, 1.82) is 0 Å². The first-order chi connectivity index (χ1) is 14.9. The lowest BCUT2D eigenvalue weighted by atomic mass is 9.87. The molecule has 0 saturated carbocycles. The number of carboxylic acids is 1. The molecule has 0 radical (unpaired) electrons. The molecule has 0 saturated heterocycles. The summed E-state index contributed by atoms with van der Waals surface area (Å²) in [7, 11) is 0. The molecule has 0 amide bonds. The third-order valence-electron chi connectivity index (χ3n) is 5.89. The number of aromatic nitrogens is 1. The largest absolute Gasteiger partial charge is 0.479 e. The van der Waals surface area contributed by atoms with Crippen LogP contribution in [0.4, 0.5) is 0 Å². The maximum Gasteiger partial charge on any atom is 0.340 e. The first-order valence-electron chi connectivity index (χ1n) is 10.6. The monoisotopic (exact) mass is 413 g/mol. The van der Waals surface area contributed by atoms with Crippen molar-refractivity contribution in [2.45, 2.75) is 38.3 Å². The number of carbonyl (C=O) groups is 1. The highest BCUT2D eigenvalue weighted by atomic mass is 16.4. The average Bonchev–Trinajstić information content (AvgIpc) is 3.14. The SMILES string of the molecule is CC(C)c1ccc(Cn2cc(C(O)(Cc3ccccc3)C(=O)O)c3ccccc32)cc1. The lowest BCUT2D eigenvalue weighted by Crippen LogP contribution is -2.37. The molecule has 0 spiro atoms. The van der Waals surface area contributed by atoms with Gasteiger partial charge in [-0.05, 0) is 28.7 Å². The summed E-state index contributed by atoms with van der Waals surface area (Å²) in [5.74, 6) is -0.780. The van der Waals surface area contributed by atoms with E-state index in [9.17, 15) is 15.0 Å². The molecule has 0 bridgehead atoms. The van der Waals surface area contributed by atoms with Crippen molar-refractivity contribution >= 4 is 16.9 Å². The van der Waals surface area contributed by atoms with E-state index >= 15 is 0 Å². The molecule has 4 aromatic rings. The molecule has 0 aliphatic rings. The Balaban J connectivity index is 1.77. The lowest BCUT2D eigenvalue weighted by Gasteiger charge is -2.23. The molecule has 4 rings (SSSR count). The van der Waals surface area contributed by atoms with Crippen molar-refractivity contribution in [3.63, 3.8) is 0 Å². The van der Waals surface area contributed by atoms with Crippen molar-refractivity contribution < 1.29 is 15.0 Å². The lowest BCUT2D eigenvalue weighted by molar-refractivity contribution is -0.159. The molecule has 0 aliphatic carbocycles. The van der Waals surface area contributed by atoms with E-state index in [4.69, 9.17) is 0 Å². The van der Waals surface area contributed by atoms with Gasteiger partial charge in [0.25, 0.3) is 0 Å². The molecule has 3 aromatic carbocycles. The van der Waals surface area contributed by atoms with Crippen LogP contribution in [0.3, 0.4) is 0 Å². The molecule has 0 aliphatic heterocycles. The van der Waals surface area contributed by atoms with Crippen molar-refractivity contribution in [2.24, 2.45) is 0 Å². The number of aliphatic carboxylic acids is 1. The van der Waals surface area contributed by atoms with Gasteiger partial charge in [0.1, 0.15) is 0 Å². The zero-order valence-electron chi connectivity index (χ0n) is 17.8. The highest BCUT2D eigenvalue weighted by Gasteiger charge is 2.40. The van der Waals surface area contributed by atoms with Crippen LogP contribution in [0.25, 0.3) is 10.9 Å².